The molecule has 1 unspecified atom stereocenters. The normalized spacial score (nSPS) is 19.4. The summed E-state index contributed by atoms with van der Waals surface area (Å²) >= 11 is 0. The average molecular weight is 443 g/mol. The van der Waals surface area contributed by atoms with Crippen LogP contribution in [-0.4, -0.2) is 28.0 Å². The summed E-state index contributed by atoms with van der Waals surface area (Å²) < 4.78 is 4.92. The van der Waals surface area contributed by atoms with Gasteiger partial charge in [-0.2, -0.15) is 0 Å². The van der Waals surface area contributed by atoms with Crippen molar-refractivity contribution in [3.8, 4) is 11.3 Å². The Morgan fingerprint density at radius 3 is 2.33 bits per heavy atom. The van der Waals surface area contributed by atoms with Crippen LogP contribution in [0.2, 0.25) is 0 Å². The Balaban J connectivity index is 1.54. The van der Waals surface area contributed by atoms with Gasteiger partial charge in [0, 0.05) is 22.9 Å². The van der Waals surface area contributed by atoms with Crippen LogP contribution in [0.25, 0.3) is 11.3 Å². The molecule has 2 aliphatic rings. The molecule has 2 heterocycles. The van der Waals surface area contributed by atoms with Crippen LogP contribution in [0.4, 0.5) is 5.69 Å². The standard InChI is InChI=1S/C27H26N2O4/c1-17-7-9-20(10-8-17)25(30)23-24(19-5-3-2-4-6-19)29(27(32)26(23)31)21-13-11-18(12-14-21)22-15-16-33-28-22/h7-16,19,24,31H,2-6H2,1H3. The fourth-order valence-corrected chi connectivity index (χ4v) is 5.06. The Kier molecular flexibility index (Phi) is 5.58. The zero-order valence-electron chi connectivity index (χ0n) is 18.5. The maximum absolute atomic E-state index is 13.5. The molecule has 1 atom stereocenters. The van der Waals surface area contributed by atoms with Gasteiger partial charge >= 0.3 is 0 Å². The molecule has 1 fully saturated rings. The Morgan fingerprint density at radius 1 is 1.00 bits per heavy atom. The third kappa shape index (κ3) is 3.86. The second-order valence-corrected chi connectivity index (χ2v) is 8.91. The Hall–Kier alpha value is -3.67. The second-order valence-electron chi connectivity index (χ2n) is 8.91. The van der Waals surface area contributed by atoms with E-state index in [0.717, 1.165) is 43.2 Å². The predicted octanol–water partition coefficient (Wildman–Crippen LogP) is 5.64. The smallest absolute Gasteiger partial charge is 0.294 e. The van der Waals surface area contributed by atoms with Crippen molar-refractivity contribution in [2.24, 2.45) is 5.92 Å². The fourth-order valence-electron chi connectivity index (χ4n) is 5.06. The van der Waals surface area contributed by atoms with Crippen molar-refractivity contribution in [2.75, 3.05) is 4.90 Å². The van der Waals surface area contributed by atoms with Crippen molar-refractivity contribution < 1.29 is 19.2 Å². The van der Waals surface area contributed by atoms with E-state index in [1.165, 1.54) is 6.26 Å². The zero-order valence-corrected chi connectivity index (χ0v) is 18.5. The van der Waals surface area contributed by atoms with E-state index in [-0.39, 0.29) is 17.3 Å². The molecule has 0 saturated heterocycles. The SMILES string of the molecule is Cc1ccc(C(=O)C2=C(O)C(=O)N(c3ccc(-c4ccon4)cc3)C2C2CCCCC2)cc1. The number of rotatable bonds is 5. The second kappa shape index (κ2) is 8.70. The summed E-state index contributed by atoms with van der Waals surface area (Å²) in [4.78, 5) is 28.5. The maximum Gasteiger partial charge on any atom is 0.294 e. The highest BCUT2D eigenvalue weighted by molar-refractivity contribution is 6.20. The number of aliphatic hydroxyl groups excluding tert-OH is 1. The van der Waals surface area contributed by atoms with Crippen molar-refractivity contribution in [3.63, 3.8) is 0 Å². The molecule has 1 saturated carbocycles. The van der Waals surface area contributed by atoms with Crippen LogP contribution in [-0.2, 0) is 4.79 Å². The highest BCUT2D eigenvalue weighted by Gasteiger charge is 2.47. The van der Waals surface area contributed by atoms with E-state index in [1.807, 2.05) is 43.3 Å². The summed E-state index contributed by atoms with van der Waals surface area (Å²) in [6.45, 7) is 1.96. The van der Waals surface area contributed by atoms with Crippen molar-refractivity contribution >= 4 is 17.4 Å². The quantitative estimate of drug-likeness (QED) is 0.517. The van der Waals surface area contributed by atoms with Crippen molar-refractivity contribution in [1.29, 1.82) is 0 Å². The fraction of sp³-hybridized carbons (Fsp3) is 0.296. The van der Waals surface area contributed by atoms with Crippen LogP contribution < -0.4 is 4.90 Å². The van der Waals surface area contributed by atoms with Gasteiger partial charge < -0.3 is 9.63 Å². The minimum Gasteiger partial charge on any atom is -0.503 e. The molecule has 1 N–H and O–H groups in total. The average Bonchev–Trinajstić information content (AvgIpc) is 3.47. The first-order valence-electron chi connectivity index (χ1n) is 11.4. The lowest BCUT2D eigenvalue weighted by Crippen LogP contribution is -2.42. The number of aryl methyl sites for hydroxylation is 1. The zero-order chi connectivity index (χ0) is 22.9. The van der Waals surface area contributed by atoms with Crippen LogP contribution >= 0.6 is 0 Å². The summed E-state index contributed by atoms with van der Waals surface area (Å²) in [6, 6.07) is 16.0. The number of hydrogen-bond donors (Lipinski definition) is 1. The lowest BCUT2D eigenvalue weighted by atomic mass is 9.79. The molecule has 1 aliphatic carbocycles. The first-order chi connectivity index (χ1) is 16.0. The Bertz CT molecular complexity index is 1190. The molecule has 3 aromatic rings. The third-order valence-corrected chi connectivity index (χ3v) is 6.78. The molecule has 5 rings (SSSR count). The van der Waals surface area contributed by atoms with E-state index in [2.05, 4.69) is 5.16 Å². The lowest BCUT2D eigenvalue weighted by Gasteiger charge is -2.35. The first kappa shape index (κ1) is 21.2. The molecule has 33 heavy (non-hydrogen) atoms. The predicted molar refractivity (Wildman–Crippen MR) is 125 cm³/mol. The minimum absolute atomic E-state index is 0.118. The van der Waals surface area contributed by atoms with E-state index < -0.39 is 17.7 Å². The molecular formula is C27H26N2O4. The topological polar surface area (TPSA) is 83.6 Å². The van der Waals surface area contributed by atoms with Crippen LogP contribution in [0.1, 0.15) is 48.0 Å². The number of nitrogens with zero attached hydrogens (tertiary/aromatic N) is 2. The number of aromatic nitrogens is 1. The molecule has 1 aromatic heterocycles. The number of hydrogen-bond acceptors (Lipinski definition) is 5. The molecule has 0 spiro atoms. The molecule has 0 radical (unpaired) electrons. The highest BCUT2D eigenvalue weighted by atomic mass is 16.5. The number of aliphatic hydroxyl groups is 1. The van der Waals surface area contributed by atoms with Gasteiger partial charge in [-0.25, -0.2) is 0 Å². The number of amides is 1. The molecule has 6 heteroatoms. The van der Waals surface area contributed by atoms with Gasteiger partial charge in [0.15, 0.2) is 11.5 Å². The molecule has 6 nitrogen and oxygen atoms in total. The van der Waals surface area contributed by atoms with E-state index >= 15 is 0 Å². The monoisotopic (exact) mass is 442 g/mol. The number of carbonyl (C=O) groups excluding carboxylic acids is 2. The van der Waals surface area contributed by atoms with Gasteiger partial charge in [0.2, 0.25) is 0 Å². The van der Waals surface area contributed by atoms with Crippen LogP contribution in [0.15, 0.2) is 76.7 Å². The van der Waals surface area contributed by atoms with E-state index in [9.17, 15) is 14.7 Å². The number of Topliss-reactive ketones (excluding diaryl/α,β-unsaturated/α-hetero) is 1. The number of benzene rings is 2. The largest absolute Gasteiger partial charge is 0.503 e. The molecule has 1 amide bonds. The van der Waals surface area contributed by atoms with Gasteiger partial charge in [0.25, 0.3) is 5.91 Å². The van der Waals surface area contributed by atoms with Gasteiger partial charge in [0.05, 0.1) is 11.6 Å². The van der Waals surface area contributed by atoms with Crippen molar-refractivity contribution in [3.05, 3.63) is 83.3 Å². The third-order valence-electron chi connectivity index (χ3n) is 6.78. The molecule has 2 aromatic carbocycles. The maximum atomic E-state index is 13.5. The summed E-state index contributed by atoms with van der Waals surface area (Å²) in [5.74, 6) is -1.11. The van der Waals surface area contributed by atoms with Crippen LogP contribution in [0.3, 0.4) is 0 Å². The molecule has 1 aliphatic heterocycles. The van der Waals surface area contributed by atoms with Gasteiger partial charge in [-0.1, -0.05) is 66.4 Å². The summed E-state index contributed by atoms with van der Waals surface area (Å²) in [7, 11) is 0. The highest BCUT2D eigenvalue weighted by Crippen LogP contribution is 2.41. The van der Waals surface area contributed by atoms with Crippen molar-refractivity contribution in [1.82, 2.24) is 5.16 Å². The minimum atomic E-state index is -0.518. The lowest BCUT2D eigenvalue weighted by molar-refractivity contribution is -0.117. The Morgan fingerprint density at radius 2 is 1.70 bits per heavy atom. The number of ketones is 1. The summed E-state index contributed by atoms with van der Waals surface area (Å²) in [5.41, 5.74) is 3.97. The van der Waals surface area contributed by atoms with Crippen molar-refractivity contribution in [2.45, 2.75) is 45.1 Å². The van der Waals surface area contributed by atoms with Crippen LogP contribution in [0.5, 0.6) is 0 Å². The first-order valence-corrected chi connectivity index (χ1v) is 11.4. The van der Waals surface area contributed by atoms with Gasteiger partial charge in [-0.05, 0) is 37.8 Å². The van der Waals surface area contributed by atoms with Crippen LogP contribution in [0, 0.1) is 12.8 Å². The van der Waals surface area contributed by atoms with E-state index in [0.29, 0.717) is 16.9 Å². The van der Waals surface area contributed by atoms with E-state index in [1.54, 1.807) is 23.1 Å². The summed E-state index contributed by atoms with van der Waals surface area (Å²) in [6.07, 6.45) is 6.62. The Labute approximate surface area is 192 Å². The van der Waals surface area contributed by atoms with Gasteiger partial charge in [-0.3, -0.25) is 14.5 Å². The van der Waals surface area contributed by atoms with Gasteiger partial charge in [0.1, 0.15) is 12.0 Å². The number of anilines is 1. The molecular weight excluding hydrogens is 416 g/mol. The summed E-state index contributed by atoms with van der Waals surface area (Å²) in [5, 5.41) is 14.9. The molecule has 0 bridgehead atoms. The molecule has 168 valence electrons. The number of carbonyl (C=O) groups is 2. The van der Waals surface area contributed by atoms with Gasteiger partial charge in [-0.15, -0.1) is 0 Å². The van der Waals surface area contributed by atoms with E-state index in [4.69, 9.17) is 4.52 Å².